The van der Waals surface area contributed by atoms with E-state index in [4.69, 9.17) is 16.7 Å². The first-order chi connectivity index (χ1) is 11.5. The highest BCUT2D eigenvalue weighted by molar-refractivity contribution is 6.33. The van der Waals surface area contributed by atoms with Crippen LogP contribution in [0.5, 0.6) is 0 Å². The van der Waals surface area contributed by atoms with Crippen molar-refractivity contribution in [3.63, 3.8) is 0 Å². The first-order valence-corrected chi connectivity index (χ1v) is 8.52. The van der Waals surface area contributed by atoms with Crippen molar-refractivity contribution >= 4 is 35.4 Å². The molecular weight excluding hydrogens is 330 g/mol. The van der Waals surface area contributed by atoms with Gasteiger partial charge in [0.1, 0.15) is 5.82 Å². The number of aliphatic carboxylic acids is 1. The molecule has 3 rings (SSSR count). The minimum absolute atomic E-state index is 0.138. The second-order valence-electron chi connectivity index (χ2n) is 6.31. The monoisotopic (exact) mass is 349 g/mol. The third kappa shape index (κ3) is 3.87. The van der Waals surface area contributed by atoms with E-state index in [-0.39, 0.29) is 17.9 Å². The molecule has 0 radical (unpaired) electrons. The quantitative estimate of drug-likeness (QED) is 0.798. The number of carbonyl (C=O) groups excluding carboxylic acids is 1. The molecule has 2 aliphatic rings. The number of hydrogen-bond donors (Lipinski definition) is 2. The Morgan fingerprint density at radius 3 is 2.79 bits per heavy atom. The van der Waals surface area contributed by atoms with Gasteiger partial charge in [0.05, 0.1) is 5.02 Å². The Morgan fingerprint density at radius 1 is 1.38 bits per heavy atom. The predicted molar refractivity (Wildman–Crippen MR) is 91.9 cm³/mol. The molecule has 1 aromatic rings. The maximum absolute atomic E-state index is 12.3. The Balaban J connectivity index is 1.58. The van der Waals surface area contributed by atoms with Gasteiger partial charge in [-0.05, 0) is 37.0 Å². The largest absolute Gasteiger partial charge is 0.478 e. The molecule has 24 heavy (non-hydrogen) atoms. The van der Waals surface area contributed by atoms with Crippen molar-refractivity contribution in [1.82, 2.24) is 9.88 Å². The Bertz CT molecular complexity index is 673. The molecule has 2 N–H and O–H groups in total. The summed E-state index contributed by atoms with van der Waals surface area (Å²) in [6, 6.07) is 1.81. The van der Waals surface area contributed by atoms with E-state index in [1.165, 1.54) is 6.08 Å². The number of aromatic nitrogens is 1. The number of pyridine rings is 1. The van der Waals surface area contributed by atoms with Gasteiger partial charge in [-0.2, -0.15) is 0 Å². The van der Waals surface area contributed by atoms with E-state index in [0.29, 0.717) is 22.9 Å². The number of carbonyl (C=O) groups is 2. The lowest BCUT2D eigenvalue weighted by Gasteiger charge is -2.29. The van der Waals surface area contributed by atoms with Crippen LogP contribution in [0.4, 0.5) is 5.82 Å². The fourth-order valence-corrected chi connectivity index (χ4v) is 3.23. The molecule has 0 spiro atoms. The summed E-state index contributed by atoms with van der Waals surface area (Å²) in [5.41, 5.74) is 0.626. The van der Waals surface area contributed by atoms with Gasteiger partial charge in [0.2, 0.25) is 5.91 Å². The Labute approximate surface area is 145 Å². The van der Waals surface area contributed by atoms with E-state index >= 15 is 0 Å². The van der Waals surface area contributed by atoms with E-state index < -0.39 is 5.97 Å². The molecule has 1 atom stereocenters. The fraction of sp³-hybridized carbons (Fsp3) is 0.471. The standard InChI is InChI=1S/C17H20ClN3O3/c18-14-8-11(4-5-15(22)23)9-19-16(14)20-13-6-7-21(10-13)17(24)12-2-1-3-12/h4-5,8-9,12-13H,1-3,6-7,10H2,(H,19,20)(H,22,23)/b5-4+/t13-/m1/s1. The SMILES string of the molecule is O=C(O)/C=C/c1cnc(N[C@@H]2CCN(C(=O)C3CCC3)C2)c(Cl)c1. The van der Waals surface area contributed by atoms with Gasteiger partial charge in [-0.3, -0.25) is 4.79 Å². The number of nitrogens with one attached hydrogen (secondary N) is 1. The van der Waals surface area contributed by atoms with Crippen molar-refractivity contribution in [2.45, 2.75) is 31.7 Å². The molecule has 0 unspecified atom stereocenters. The molecule has 6 nitrogen and oxygen atoms in total. The minimum Gasteiger partial charge on any atom is -0.478 e. The number of likely N-dealkylation sites (tertiary alicyclic amines) is 1. The van der Waals surface area contributed by atoms with Gasteiger partial charge in [0.15, 0.2) is 0 Å². The number of nitrogens with zero attached hydrogens (tertiary/aromatic N) is 2. The maximum Gasteiger partial charge on any atom is 0.328 e. The van der Waals surface area contributed by atoms with Crippen molar-refractivity contribution in [3.8, 4) is 0 Å². The first-order valence-electron chi connectivity index (χ1n) is 8.15. The zero-order valence-corrected chi connectivity index (χ0v) is 14.0. The van der Waals surface area contributed by atoms with Crippen molar-refractivity contribution in [2.75, 3.05) is 18.4 Å². The molecule has 1 aliphatic carbocycles. The maximum atomic E-state index is 12.3. The minimum atomic E-state index is -1.02. The molecule has 2 heterocycles. The van der Waals surface area contributed by atoms with Crippen LogP contribution in [0.25, 0.3) is 6.08 Å². The van der Waals surface area contributed by atoms with Crippen molar-refractivity contribution < 1.29 is 14.7 Å². The second-order valence-corrected chi connectivity index (χ2v) is 6.72. The Hall–Kier alpha value is -2.08. The third-order valence-electron chi connectivity index (χ3n) is 4.58. The molecule has 1 amide bonds. The highest BCUT2D eigenvalue weighted by atomic mass is 35.5. The molecule has 1 saturated carbocycles. The summed E-state index contributed by atoms with van der Waals surface area (Å²) >= 11 is 6.22. The van der Waals surface area contributed by atoms with E-state index in [0.717, 1.165) is 38.3 Å². The summed E-state index contributed by atoms with van der Waals surface area (Å²) < 4.78 is 0. The summed E-state index contributed by atoms with van der Waals surface area (Å²) in [4.78, 5) is 29.0. The van der Waals surface area contributed by atoms with Crippen LogP contribution in [0.2, 0.25) is 5.02 Å². The van der Waals surface area contributed by atoms with Crippen LogP contribution in [0.1, 0.15) is 31.2 Å². The van der Waals surface area contributed by atoms with E-state index in [9.17, 15) is 9.59 Å². The van der Waals surface area contributed by atoms with Gasteiger partial charge in [0.25, 0.3) is 0 Å². The number of halogens is 1. The molecule has 128 valence electrons. The third-order valence-corrected chi connectivity index (χ3v) is 4.86. The van der Waals surface area contributed by atoms with Crippen molar-refractivity contribution in [3.05, 3.63) is 28.9 Å². The molecule has 2 fully saturated rings. The lowest BCUT2D eigenvalue weighted by Crippen LogP contribution is -2.38. The van der Waals surface area contributed by atoms with E-state index in [1.807, 2.05) is 4.90 Å². The van der Waals surface area contributed by atoms with Crippen LogP contribution in [0.15, 0.2) is 18.3 Å². The molecule has 7 heteroatoms. The van der Waals surface area contributed by atoms with Gasteiger partial charge in [-0.15, -0.1) is 0 Å². The summed E-state index contributed by atoms with van der Waals surface area (Å²) in [6.07, 6.45) is 8.13. The number of rotatable bonds is 5. The molecular formula is C17H20ClN3O3. The van der Waals surface area contributed by atoms with Gasteiger partial charge in [-0.1, -0.05) is 18.0 Å². The average Bonchev–Trinajstić information content (AvgIpc) is 2.94. The summed E-state index contributed by atoms with van der Waals surface area (Å²) in [7, 11) is 0. The number of hydrogen-bond acceptors (Lipinski definition) is 4. The van der Waals surface area contributed by atoms with Gasteiger partial charge < -0.3 is 15.3 Å². The highest BCUT2D eigenvalue weighted by Crippen LogP contribution is 2.30. The normalized spacial score (nSPS) is 21.0. The van der Waals surface area contributed by atoms with Crippen molar-refractivity contribution in [1.29, 1.82) is 0 Å². The van der Waals surface area contributed by atoms with Crippen LogP contribution >= 0.6 is 11.6 Å². The topological polar surface area (TPSA) is 82.5 Å². The average molecular weight is 350 g/mol. The van der Waals surface area contributed by atoms with E-state index in [2.05, 4.69) is 10.3 Å². The summed E-state index contributed by atoms with van der Waals surface area (Å²) in [5.74, 6) is 0.0483. The molecule has 1 aliphatic heterocycles. The van der Waals surface area contributed by atoms with Crippen LogP contribution in [0.3, 0.4) is 0 Å². The Kier molecular flexibility index (Phi) is 5.04. The van der Waals surface area contributed by atoms with Crippen LogP contribution in [-0.2, 0) is 9.59 Å². The smallest absolute Gasteiger partial charge is 0.328 e. The lowest BCUT2D eigenvalue weighted by molar-refractivity contribution is -0.137. The number of carboxylic acids is 1. The summed E-state index contributed by atoms with van der Waals surface area (Å²) in [6.45, 7) is 1.44. The van der Waals surface area contributed by atoms with Gasteiger partial charge >= 0.3 is 5.97 Å². The highest BCUT2D eigenvalue weighted by Gasteiger charge is 2.33. The zero-order valence-electron chi connectivity index (χ0n) is 13.2. The van der Waals surface area contributed by atoms with Gasteiger partial charge in [-0.25, -0.2) is 9.78 Å². The molecule has 0 aromatic carbocycles. The summed E-state index contributed by atoms with van der Waals surface area (Å²) in [5, 5.41) is 12.4. The second kappa shape index (κ2) is 7.21. The zero-order chi connectivity index (χ0) is 17.1. The van der Waals surface area contributed by atoms with Gasteiger partial charge in [0, 0.05) is 37.3 Å². The molecule has 1 aromatic heterocycles. The molecule has 1 saturated heterocycles. The molecule has 0 bridgehead atoms. The predicted octanol–water partition coefficient (Wildman–Crippen LogP) is 2.65. The van der Waals surface area contributed by atoms with Crippen LogP contribution in [0, 0.1) is 5.92 Å². The van der Waals surface area contributed by atoms with Crippen LogP contribution in [-0.4, -0.2) is 46.0 Å². The number of anilines is 1. The number of amides is 1. The van der Waals surface area contributed by atoms with Crippen molar-refractivity contribution in [2.24, 2.45) is 5.92 Å². The van der Waals surface area contributed by atoms with E-state index in [1.54, 1.807) is 12.3 Å². The number of carboxylic acid groups (broad SMARTS) is 1. The first kappa shape index (κ1) is 16.8. The fourth-order valence-electron chi connectivity index (χ4n) is 3.00. The lowest BCUT2D eigenvalue weighted by atomic mass is 9.84. The van der Waals surface area contributed by atoms with Crippen LogP contribution < -0.4 is 5.32 Å². The Morgan fingerprint density at radius 2 is 2.17 bits per heavy atom.